The van der Waals surface area contributed by atoms with E-state index in [4.69, 9.17) is 5.73 Å². The van der Waals surface area contributed by atoms with Crippen molar-refractivity contribution in [3.63, 3.8) is 0 Å². The van der Waals surface area contributed by atoms with Crippen molar-refractivity contribution >= 4 is 17.7 Å². The van der Waals surface area contributed by atoms with Crippen LogP contribution in [0.1, 0.15) is 12.1 Å². The minimum Gasteiger partial charge on any atom is -0.382 e. The molecule has 1 rings (SSSR count). The highest BCUT2D eigenvalue weighted by atomic mass is 32.2. The van der Waals surface area contributed by atoms with Gasteiger partial charge in [-0.2, -0.15) is 11.8 Å². The Hall–Kier alpha value is -1.11. The number of pyridine rings is 1. The Kier molecular flexibility index (Phi) is 7.47. The first-order valence-corrected chi connectivity index (χ1v) is 7.64. The zero-order valence-corrected chi connectivity index (χ0v) is 11.9. The molecular formula is C13H21N3O2S. The Morgan fingerprint density at radius 1 is 1.58 bits per heavy atom. The summed E-state index contributed by atoms with van der Waals surface area (Å²) in [5.74, 6) is 0.420. The molecule has 0 spiro atoms. The van der Waals surface area contributed by atoms with E-state index in [0.29, 0.717) is 19.4 Å². The van der Waals surface area contributed by atoms with Crippen LogP contribution < -0.4 is 11.1 Å². The molecule has 19 heavy (non-hydrogen) atoms. The normalized spacial score (nSPS) is 13.8. The molecule has 0 bridgehead atoms. The van der Waals surface area contributed by atoms with Crippen molar-refractivity contribution < 1.29 is 9.90 Å². The molecule has 0 aliphatic carbocycles. The summed E-state index contributed by atoms with van der Waals surface area (Å²) in [5.41, 5.74) is 6.66. The molecule has 0 fully saturated rings. The predicted octanol–water partition coefficient (Wildman–Crippen LogP) is 0.182. The average molecular weight is 283 g/mol. The maximum absolute atomic E-state index is 11.7. The van der Waals surface area contributed by atoms with Crippen LogP contribution in [0.3, 0.4) is 0 Å². The molecule has 0 radical (unpaired) electrons. The molecule has 1 aromatic heterocycles. The number of nitrogens with two attached hydrogens (primary N) is 1. The molecule has 2 atom stereocenters. The van der Waals surface area contributed by atoms with Gasteiger partial charge in [-0.1, -0.05) is 6.07 Å². The third-order valence-electron chi connectivity index (χ3n) is 2.74. The van der Waals surface area contributed by atoms with Gasteiger partial charge in [0.2, 0.25) is 5.91 Å². The molecule has 1 aromatic rings. The number of carbonyl (C=O) groups excluding carboxylic acids is 1. The summed E-state index contributed by atoms with van der Waals surface area (Å²) >= 11 is 1.64. The zero-order chi connectivity index (χ0) is 14.1. The van der Waals surface area contributed by atoms with Crippen molar-refractivity contribution in [1.29, 1.82) is 0 Å². The zero-order valence-electron chi connectivity index (χ0n) is 11.1. The highest BCUT2D eigenvalue weighted by Crippen LogP contribution is 2.03. The van der Waals surface area contributed by atoms with Crippen LogP contribution in [0.2, 0.25) is 0 Å². The van der Waals surface area contributed by atoms with Gasteiger partial charge in [-0.05, 0) is 30.6 Å². The predicted molar refractivity (Wildman–Crippen MR) is 77.9 cm³/mol. The smallest absolute Gasteiger partial charge is 0.250 e. The second-order valence-electron chi connectivity index (χ2n) is 4.25. The van der Waals surface area contributed by atoms with E-state index >= 15 is 0 Å². The standard InChI is InChI=1S/C13H21N3O2S/c1-19-9-6-11(14)12(17)13(18)16-8-5-10-4-2-3-7-15-10/h2-4,7,11-12,17H,5-6,8-9,14H2,1H3,(H,16,18)/t11-,12?/m1/s1. The van der Waals surface area contributed by atoms with Gasteiger partial charge in [0.25, 0.3) is 0 Å². The second-order valence-corrected chi connectivity index (χ2v) is 5.24. The number of carbonyl (C=O) groups is 1. The average Bonchev–Trinajstić information content (AvgIpc) is 2.44. The van der Waals surface area contributed by atoms with Crippen molar-refractivity contribution in [3.05, 3.63) is 30.1 Å². The minimum absolute atomic E-state index is 0.412. The summed E-state index contributed by atoms with van der Waals surface area (Å²) in [6, 6.07) is 5.13. The molecule has 4 N–H and O–H groups in total. The molecule has 6 heteroatoms. The highest BCUT2D eigenvalue weighted by molar-refractivity contribution is 7.98. The Balaban J connectivity index is 2.26. The first kappa shape index (κ1) is 15.9. The van der Waals surface area contributed by atoms with Gasteiger partial charge in [-0.25, -0.2) is 0 Å². The summed E-state index contributed by atoms with van der Waals surface area (Å²) < 4.78 is 0. The molecular weight excluding hydrogens is 262 g/mol. The van der Waals surface area contributed by atoms with Crippen LogP contribution in [-0.2, 0) is 11.2 Å². The molecule has 0 saturated carbocycles. The number of hydrogen-bond donors (Lipinski definition) is 3. The molecule has 106 valence electrons. The molecule has 0 aromatic carbocycles. The molecule has 0 aliphatic heterocycles. The molecule has 1 amide bonds. The minimum atomic E-state index is -1.14. The van der Waals surface area contributed by atoms with Gasteiger partial charge in [0, 0.05) is 30.9 Å². The SMILES string of the molecule is CSCC[C@@H](N)C(O)C(=O)NCCc1ccccn1. The van der Waals surface area contributed by atoms with E-state index in [0.717, 1.165) is 11.4 Å². The van der Waals surface area contributed by atoms with Crippen LogP contribution in [0.4, 0.5) is 0 Å². The van der Waals surface area contributed by atoms with Crippen molar-refractivity contribution in [2.75, 3.05) is 18.6 Å². The van der Waals surface area contributed by atoms with Crippen LogP contribution in [0.5, 0.6) is 0 Å². The van der Waals surface area contributed by atoms with Gasteiger partial charge in [0.15, 0.2) is 0 Å². The van der Waals surface area contributed by atoms with Crippen LogP contribution in [-0.4, -0.2) is 46.7 Å². The van der Waals surface area contributed by atoms with Crippen molar-refractivity contribution in [3.8, 4) is 0 Å². The third kappa shape index (κ3) is 6.04. The number of amides is 1. The first-order valence-electron chi connectivity index (χ1n) is 6.25. The Labute approximate surface area is 118 Å². The molecule has 1 unspecified atom stereocenters. The fourth-order valence-electron chi connectivity index (χ4n) is 1.57. The van der Waals surface area contributed by atoms with Crippen molar-refractivity contribution in [2.24, 2.45) is 5.73 Å². The van der Waals surface area contributed by atoms with Gasteiger partial charge in [0.05, 0.1) is 0 Å². The lowest BCUT2D eigenvalue weighted by Crippen LogP contribution is -2.47. The number of hydrogen-bond acceptors (Lipinski definition) is 5. The summed E-state index contributed by atoms with van der Waals surface area (Å²) in [6.45, 7) is 0.447. The van der Waals surface area contributed by atoms with E-state index in [9.17, 15) is 9.90 Å². The van der Waals surface area contributed by atoms with Crippen LogP contribution >= 0.6 is 11.8 Å². The maximum Gasteiger partial charge on any atom is 0.250 e. The number of aliphatic hydroxyl groups excluding tert-OH is 1. The van der Waals surface area contributed by atoms with E-state index in [-0.39, 0.29) is 0 Å². The number of thioether (sulfide) groups is 1. The summed E-state index contributed by atoms with van der Waals surface area (Å²) in [6.07, 6.45) is 3.79. The van der Waals surface area contributed by atoms with Crippen molar-refractivity contribution in [1.82, 2.24) is 10.3 Å². The summed E-state index contributed by atoms with van der Waals surface area (Å²) in [7, 11) is 0. The number of aliphatic hydroxyl groups is 1. The van der Waals surface area contributed by atoms with E-state index in [2.05, 4.69) is 10.3 Å². The highest BCUT2D eigenvalue weighted by Gasteiger charge is 2.21. The monoisotopic (exact) mass is 283 g/mol. The molecule has 0 aliphatic rings. The van der Waals surface area contributed by atoms with Gasteiger partial charge in [-0.3, -0.25) is 9.78 Å². The second kappa shape index (κ2) is 8.90. The largest absolute Gasteiger partial charge is 0.382 e. The Morgan fingerprint density at radius 2 is 2.37 bits per heavy atom. The number of aromatic nitrogens is 1. The summed E-state index contributed by atoms with van der Waals surface area (Å²) in [4.78, 5) is 15.8. The lowest BCUT2D eigenvalue weighted by Gasteiger charge is -2.17. The number of nitrogens with one attached hydrogen (secondary N) is 1. The van der Waals surface area contributed by atoms with Crippen LogP contribution in [0.15, 0.2) is 24.4 Å². The van der Waals surface area contributed by atoms with E-state index in [1.54, 1.807) is 18.0 Å². The fourth-order valence-corrected chi connectivity index (χ4v) is 2.08. The van der Waals surface area contributed by atoms with Gasteiger partial charge in [0.1, 0.15) is 6.10 Å². The maximum atomic E-state index is 11.7. The Bertz CT molecular complexity index is 375. The molecule has 1 heterocycles. The fraction of sp³-hybridized carbons (Fsp3) is 0.538. The molecule has 0 saturated heterocycles. The van der Waals surface area contributed by atoms with Crippen molar-refractivity contribution in [2.45, 2.75) is 25.0 Å². The van der Waals surface area contributed by atoms with E-state index < -0.39 is 18.1 Å². The summed E-state index contributed by atoms with van der Waals surface area (Å²) in [5, 5.41) is 12.4. The third-order valence-corrected chi connectivity index (χ3v) is 3.38. The first-order chi connectivity index (χ1) is 9.15. The number of rotatable bonds is 8. The van der Waals surface area contributed by atoms with Crippen LogP contribution in [0.25, 0.3) is 0 Å². The Morgan fingerprint density at radius 3 is 3.00 bits per heavy atom. The van der Waals surface area contributed by atoms with E-state index in [1.165, 1.54) is 0 Å². The van der Waals surface area contributed by atoms with Gasteiger partial charge in [-0.15, -0.1) is 0 Å². The quantitative estimate of drug-likeness (QED) is 0.633. The van der Waals surface area contributed by atoms with Crippen LogP contribution in [0, 0.1) is 0 Å². The van der Waals surface area contributed by atoms with Gasteiger partial charge < -0.3 is 16.2 Å². The van der Waals surface area contributed by atoms with E-state index in [1.807, 2.05) is 24.5 Å². The lowest BCUT2D eigenvalue weighted by molar-refractivity contribution is -0.130. The topological polar surface area (TPSA) is 88.2 Å². The lowest BCUT2D eigenvalue weighted by atomic mass is 10.1. The number of nitrogens with zero attached hydrogens (tertiary/aromatic N) is 1. The van der Waals surface area contributed by atoms with Gasteiger partial charge >= 0.3 is 0 Å². The molecule has 5 nitrogen and oxygen atoms in total.